The maximum Gasteiger partial charge on any atom is 0.153 e. The van der Waals surface area contributed by atoms with Crippen molar-refractivity contribution in [2.24, 2.45) is 0 Å². The van der Waals surface area contributed by atoms with Crippen LogP contribution in [0.2, 0.25) is 0 Å². The minimum atomic E-state index is 0.611. The van der Waals surface area contributed by atoms with E-state index < -0.39 is 0 Å². The molecule has 4 N–H and O–H groups in total. The molecule has 16 aromatic heterocycles. The fraction of sp³-hybridized carbons (Fsp3) is 0.171. The molecule has 0 aliphatic heterocycles. The van der Waals surface area contributed by atoms with Crippen molar-refractivity contribution < 1.29 is 18.1 Å². The quantitative estimate of drug-likeness (QED) is 0.0698. The van der Waals surface area contributed by atoms with Crippen LogP contribution in [0.5, 0.6) is 0 Å². The van der Waals surface area contributed by atoms with Gasteiger partial charge in [0.25, 0.3) is 0 Å². The van der Waals surface area contributed by atoms with E-state index in [0.29, 0.717) is 80.7 Å². The summed E-state index contributed by atoms with van der Waals surface area (Å²) in [6.45, 7) is 22.5. The first-order valence-electron chi connectivity index (χ1n) is 32.6. The summed E-state index contributed by atoms with van der Waals surface area (Å²) in [7, 11) is 0. The van der Waals surface area contributed by atoms with Gasteiger partial charge in [0.2, 0.25) is 0 Å². The normalized spacial score (nSPS) is 11.0. The lowest BCUT2D eigenvalue weighted by Crippen LogP contribution is -2.04. The second-order valence-corrected chi connectivity index (χ2v) is 27.3. The first-order valence-corrected chi connectivity index (χ1v) is 35.8. The first kappa shape index (κ1) is 73.9. The minimum Gasteiger partial charge on any atom is -0.361 e. The van der Waals surface area contributed by atoms with E-state index in [1.165, 1.54) is 0 Å². The molecule has 0 aromatic carbocycles. The van der Waals surface area contributed by atoms with Crippen LogP contribution in [0.25, 0.3) is 67.8 Å². The van der Waals surface area contributed by atoms with E-state index >= 15 is 0 Å². The minimum absolute atomic E-state index is 0.611. The highest BCUT2D eigenvalue weighted by molar-refractivity contribution is 9.11. The van der Waals surface area contributed by atoms with Gasteiger partial charge < -0.3 is 48.5 Å². The SMILES string of the molecule is Cc1ncc(-c2c(C)noc2C)nc1Nc1cc(Br)c(-n2ccnc2)cn1.Cc1ncc(-c2c(C)noc2C)nc1Nc1cc(Br)c(-n2ccnn2)cn1.Cc1nnc(-c2c(C)noc2C)cc1Nc1cc(Br)c(-n2ccnc2)cn1.Cc1nnc(-c2c(C)noc2C)cc1Nc1cc(Br)c(-n2ccnn2)cn1. The summed E-state index contributed by atoms with van der Waals surface area (Å²) in [4.78, 5) is 44.2. The van der Waals surface area contributed by atoms with Gasteiger partial charge in [-0.15, -0.1) is 20.4 Å². The number of hydrogen-bond acceptors (Lipinski definition) is 30. The third-order valence-electron chi connectivity index (χ3n) is 16.3. The lowest BCUT2D eigenvalue weighted by Gasteiger charge is -2.11. The average molecular weight is 1710 g/mol. The van der Waals surface area contributed by atoms with Crippen LogP contribution < -0.4 is 21.3 Å². The number of anilines is 8. The molecule has 0 aliphatic carbocycles. The highest BCUT2D eigenvalue weighted by Gasteiger charge is 2.22. The molecule has 0 bridgehead atoms. The molecular weight excluding hydrogens is 1640 g/mol. The van der Waals surface area contributed by atoms with Crippen molar-refractivity contribution in [1.82, 2.24) is 130 Å². The fourth-order valence-corrected chi connectivity index (χ4v) is 12.9. The Morgan fingerprint density at radius 2 is 0.657 bits per heavy atom. The maximum atomic E-state index is 5.24. The Hall–Kier alpha value is -12.4. The van der Waals surface area contributed by atoms with Gasteiger partial charge in [-0.25, -0.2) is 49.2 Å². The third kappa shape index (κ3) is 16.6. The van der Waals surface area contributed by atoms with E-state index in [2.05, 4.69) is 196 Å². The Bertz CT molecular complexity index is 5060. The molecule has 16 aromatic rings. The summed E-state index contributed by atoms with van der Waals surface area (Å²) < 4.78 is 31.4. The van der Waals surface area contributed by atoms with Crippen LogP contribution in [-0.4, -0.2) is 130 Å². The standard InChI is InChI=1S/2C18H16BrN7O.2C17H15BrN8O/c1-10-17(12(3)27-25-10)14-7-21-11(2)18(23-14)24-16-6-13(19)15(8-22-16)26-5-4-20-9-26;1-10-14(7-15(24-23-10)18-11(2)25-27-12(18)3)22-17-6-13(19)16(8-21-17)26-5-4-20-9-26;1-9-16(11(3)27-24-9)13-7-19-10(2)17(22-13)23-15-6-12(18)14(8-20-15)26-5-4-21-25-26;1-9-13(7-14(23-22-9)17-10(2)24-27-11(17)3)21-16-6-12(18)15(8-19-16)26-5-4-20-25-26/h4-9H,1-3H3,(H,22,23,24);4-9H,1-3H3,(H,21,22,24);4-8H,1-3H3,(H,20,22,23);4-8H,1-3H3,(H,19,21,23). The van der Waals surface area contributed by atoms with E-state index in [9.17, 15) is 0 Å². The van der Waals surface area contributed by atoms with Crippen LogP contribution in [0.15, 0.2) is 172 Å². The van der Waals surface area contributed by atoms with Crippen molar-refractivity contribution >= 4 is 110 Å². The molecule has 0 atom stereocenters. The number of rotatable bonds is 16. The zero-order chi connectivity index (χ0) is 75.9. The number of halogens is 4. The molecule has 0 aliphatic rings. The second kappa shape index (κ2) is 32.5. The van der Waals surface area contributed by atoms with Gasteiger partial charge in [0.05, 0.1) is 188 Å². The molecule has 0 amide bonds. The fourth-order valence-electron chi connectivity index (χ4n) is 10.9. The molecular formula is C70H62Br4N30O4. The lowest BCUT2D eigenvalue weighted by molar-refractivity contribution is 0.393. The van der Waals surface area contributed by atoms with Gasteiger partial charge in [-0.3, -0.25) is 9.97 Å². The Kier molecular flexibility index (Phi) is 22.2. The molecule has 38 heteroatoms. The molecule has 0 fully saturated rings. The molecule has 0 unspecified atom stereocenters. The molecule has 544 valence electrons. The van der Waals surface area contributed by atoms with E-state index in [-0.39, 0.29) is 0 Å². The maximum absolute atomic E-state index is 5.24. The number of pyridine rings is 4. The highest BCUT2D eigenvalue weighted by Crippen LogP contribution is 2.35. The zero-order valence-corrected chi connectivity index (χ0v) is 65.8. The van der Waals surface area contributed by atoms with E-state index in [4.69, 9.17) is 18.1 Å². The van der Waals surface area contributed by atoms with Crippen molar-refractivity contribution in [3.63, 3.8) is 0 Å². The first-order chi connectivity index (χ1) is 52.1. The van der Waals surface area contributed by atoms with E-state index in [0.717, 1.165) is 120 Å². The zero-order valence-electron chi connectivity index (χ0n) is 59.5. The molecule has 0 spiro atoms. The predicted octanol–water partition coefficient (Wildman–Crippen LogP) is 15.4. The monoisotopic (exact) mass is 1700 g/mol. The molecule has 108 heavy (non-hydrogen) atoms. The largest absolute Gasteiger partial charge is 0.361 e. The number of aromatic nitrogens is 26. The molecule has 16 heterocycles. The number of hydrogen-bond donors (Lipinski definition) is 4. The molecule has 0 radical (unpaired) electrons. The summed E-state index contributed by atoms with van der Waals surface area (Å²) in [6, 6.07) is 11.3. The molecule has 34 nitrogen and oxygen atoms in total. The van der Waals surface area contributed by atoms with Crippen molar-refractivity contribution in [2.45, 2.75) is 83.1 Å². The summed E-state index contributed by atoms with van der Waals surface area (Å²) in [5.74, 6) is 6.69. The van der Waals surface area contributed by atoms with Crippen molar-refractivity contribution in [3.05, 3.63) is 222 Å². The van der Waals surface area contributed by atoms with Crippen LogP contribution in [0.1, 0.15) is 68.6 Å². The summed E-state index contributed by atoms with van der Waals surface area (Å²) in [5, 5.41) is 61.6. The van der Waals surface area contributed by atoms with Gasteiger partial charge in [0, 0.05) is 42.7 Å². The Labute approximate surface area is 648 Å². The lowest BCUT2D eigenvalue weighted by atomic mass is 10.1. The Balaban J connectivity index is 0.000000127. The average Bonchev–Trinajstić information content (AvgIpc) is 1.75. The summed E-state index contributed by atoms with van der Waals surface area (Å²) >= 11 is 14.3. The van der Waals surface area contributed by atoms with Gasteiger partial charge in [0.1, 0.15) is 57.7 Å². The predicted molar refractivity (Wildman–Crippen MR) is 412 cm³/mol. The van der Waals surface area contributed by atoms with Crippen LogP contribution in [-0.2, 0) is 0 Å². The van der Waals surface area contributed by atoms with Gasteiger partial charge >= 0.3 is 0 Å². The summed E-state index contributed by atoms with van der Waals surface area (Å²) in [5.41, 5.74) is 17.3. The molecule has 0 saturated carbocycles. The van der Waals surface area contributed by atoms with Crippen LogP contribution in [0, 0.1) is 83.1 Å². The Morgan fingerprint density at radius 3 is 0.954 bits per heavy atom. The summed E-state index contributed by atoms with van der Waals surface area (Å²) in [6.07, 6.45) is 27.7. The van der Waals surface area contributed by atoms with Crippen LogP contribution in [0.3, 0.4) is 0 Å². The van der Waals surface area contributed by atoms with Crippen molar-refractivity contribution in [3.8, 4) is 67.8 Å². The topological polar surface area (TPSA) is 404 Å². The van der Waals surface area contributed by atoms with Crippen LogP contribution in [0.4, 0.5) is 46.3 Å². The van der Waals surface area contributed by atoms with Gasteiger partial charge in [0.15, 0.2) is 11.6 Å². The van der Waals surface area contributed by atoms with Crippen LogP contribution >= 0.6 is 63.7 Å². The van der Waals surface area contributed by atoms with Gasteiger partial charge in [-0.1, -0.05) is 31.1 Å². The number of imidazole rings is 2. The Morgan fingerprint density at radius 1 is 0.324 bits per heavy atom. The third-order valence-corrected chi connectivity index (χ3v) is 18.8. The highest BCUT2D eigenvalue weighted by atomic mass is 79.9. The van der Waals surface area contributed by atoms with E-state index in [1.54, 1.807) is 96.4 Å². The number of aryl methyl sites for hydroxylation is 12. The second-order valence-electron chi connectivity index (χ2n) is 23.9. The van der Waals surface area contributed by atoms with Gasteiger partial charge in [-0.2, -0.15) is 10.2 Å². The van der Waals surface area contributed by atoms with Crippen molar-refractivity contribution in [2.75, 3.05) is 21.3 Å². The molecule has 0 saturated heterocycles. The smallest absolute Gasteiger partial charge is 0.153 e. The number of nitrogens with one attached hydrogen (secondary N) is 4. The number of nitrogens with zero attached hydrogens (tertiary/aromatic N) is 26. The van der Waals surface area contributed by atoms with E-state index in [1.807, 2.05) is 141 Å². The van der Waals surface area contributed by atoms with Gasteiger partial charge in [-0.05, 0) is 183 Å². The molecule has 16 rings (SSSR count). The van der Waals surface area contributed by atoms with Crippen molar-refractivity contribution in [1.29, 1.82) is 0 Å².